The Morgan fingerprint density at radius 3 is 2.42 bits per heavy atom. The van der Waals surface area contributed by atoms with Crippen LogP contribution < -0.4 is 0 Å². The van der Waals surface area contributed by atoms with Crippen molar-refractivity contribution in [1.82, 2.24) is 4.90 Å². The highest BCUT2D eigenvalue weighted by molar-refractivity contribution is 14.1. The molecule has 1 fully saturated rings. The molecule has 0 spiro atoms. The predicted octanol–water partition coefficient (Wildman–Crippen LogP) is 4.94. The van der Waals surface area contributed by atoms with Crippen LogP contribution in [-0.4, -0.2) is 21.0 Å². The summed E-state index contributed by atoms with van der Waals surface area (Å²) in [6.07, 6.45) is 1.76. The van der Waals surface area contributed by atoms with E-state index in [1.165, 1.54) is 0 Å². The number of rotatable bonds is 2. The van der Waals surface area contributed by atoms with Crippen molar-refractivity contribution in [3.05, 3.63) is 71.7 Å². The second-order valence-corrected chi connectivity index (χ2v) is 8.94. The number of benzene rings is 2. The van der Waals surface area contributed by atoms with E-state index < -0.39 is 0 Å². The average Bonchev–Trinajstić information content (AvgIpc) is 2.83. The maximum absolute atomic E-state index is 12.7. The van der Waals surface area contributed by atoms with Crippen LogP contribution in [0, 0.1) is 7.14 Å². The van der Waals surface area contributed by atoms with Gasteiger partial charge in [0.25, 0.3) is 11.8 Å². The highest BCUT2D eigenvalue weighted by atomic mass is 127. The number of carbonyl (C=O) groups is 2. The molecule has 1 heterocycles. The molecular formula is C17H9I2NO2S2. The third-order valence-electron chi connectivity index (χ3n) is 3.27. The Hall–Kier alpha value is -0.780. The molecule has 3 rings (SSSR count). The lowest BCUT2D eigenvalue weighted by atomic mass is 10.2. The maximum Gasteiger partial charge on any atom is 0.273 e. The first kappa shape index (κ1) is 18.0. The van der Waals surface area contributed by atoms with Gasteiger partial charge in [-0.2, -0.15) is 0 Å². The number of hydrogen-bond donors (Lipinski definition) is 0. The monoisotopic (exact) mass is 577 g/mol. The topological polar surface area (TPSA) is 37.4 Å². The molecule has 2 aromatic carbocycles. The summed E-state index contributed by atoms with van der Waals surface area (Å²) in [6, 6.07) is 14.9. The largest absolute Gasteiger partial charge is 0.273 e. The number of thioether (sulfide) groups is 1. The Morgan fingerprint density at radius 1 is 1.08 bits per heavy atom. The summed E-state index contributed by atoms with van der Waals surface area (Å²) in [7, 11) is 0. The highest BCUT2D eigenvalue weighted by Crippen LogP contribution is 2.34. The number of imide groups is 1. The van der Waals surface area contributed by atoms with Crippen molar-refractivity contribution in [2.24, 2.45) is 0 Å². The molecule has 0 aromatic heterocycles. The Labute approximate surface area is 176 Å². The van der Waals surface area contributed by atoms with Gasteiger partial charge in [0, 0.05) is 7.14 Å². The van der Waals surface area contributed by atoms with Crippen molar-refractivity contribution in [3.63, 3.8) is 0 Å². The molecule has 3 nitrogen and oxygen atoms in total. The first-order valence-corrected chi connectivity index (χ1v) is 10.2. The van der Waals surface area contributed by atoms with Gasteiger partial charge < -0.3 is 0 Å². The smallest absolute Gasteiger partial charge is 0.268 e. The minimum Gasteiger partial charge on any atom is -0.268 e. The number of thiocarbonyl (C=S) groups is 1. The molecule has 0 unspecified atom stereocenters. The number of carbonyl (C=O) groups excluding carboxylic acids is 2. The zero-order valence-electron chi connectivity index (χ0n) is 12.0. The third-order valence-corrected chi connectivity index (χ3v) is 6.23. The molecule has 7 heteroatoms. The second kappa shape index (κ2) is 7.63. The van der Waals surface area contributed by atoms with E-state index in [1.807, 2.05) is 36.4 Å². The van der Waals surface area contributed by atoms with Crippen LogP contribution in [0.2, 0.25) is 0 Å². The molecule has 0 bridgehead atoms. The lowest BCUT2D eigenvalue weighted by molar-refractivity contribution is -0.120. The Kier molecular flexibility index (Phi) is 5.73. The summed E-state index contributed by atoms with van der Waals surface area (Å²) in [6.45, 7) is 0. The molecule has 1 saturated heterocycles. The summed E-state index contributed by atoms with van der Waals surface area (Å²) in [4.78, 5) is 26.9. The molecule has 1 aliphatic heterocycles. The fraction of sp³-hybridized carbons (Fsp3) is 0. The molecule has 0 N–H and O–H groups in total. The molecule has 0 radical (unpaired) electrons. The Morgan fingerprint density at radius 2 is 1.75 bits per heavy atom. The fourth-order valence-corrected chi connectivity index (χ4v) is 4.34. The van der Waals surface area contributed by atoms with Crippen LogP contribution in [-0.2, 0) is 4.79 Å². The van der Waals surface area contributed by atoms with Crippen molar-refractivity contribution >= 4 is 91.4 Å². The third kappa shape index (κ3) is 3.73. The minimum atomic E-state index is -0.381. The van der Waals surface area contributed by atoms with Gasteiger partial charge in [-0.3, -0.25) is 9.59 Å². The normalized spacial score (nSPS) is 16.1. The lowest BCUT2D eigenvalue weighted by Crippen LogP contribution is -2.35. The fourth-order valence-electron chi connectivity index (χ4n) is 2.11. The zero-order chi connectivity index (χ0) is 17.3. The Bertz CT molecular complexity index is 878. The van der Waals surface area contributed by atoms with Gasteiger partial charge in [-0.25, -0.2) is 4.90 Å². The standard InChI is InChI=1S/C17H9I2NO2S2/c18-11-7-5-10(6-8-11)9-14-16(22)20(17(23)24-14)15(21)12-3-1-2-4-13(12)19/h1-9H/b14-9+. The quantitative estimate of drug-likeness (QED) is 0.220. The van der Waals surface area contributed by atoms with Gasteiger partial charge in [-0.15, -0.1) is 0 Å². The number of hydrogen-bond acceptors (Lipinski definition) is 4. The molecular weight excluding hydrogens is 568 g/mol. The van der Waals surface area contributed by atoms with Crippen molar-refractivity contribution in [3.8, 4) is 0 Å². The van der Waals surface area contributed by atoms with Gasteiger partial charge in [-0.05, 0) is 81.1 Å². The Balaban J connectivity index is 1.91. The first-order chi connectivity index (χ1) is 11.5. The van der Waals surface area contributed by atoms with Gasteiger partial charge in [0.15, 0.2) is 4.32 Å². The molecule has 2 aromatic rings. The SMILES string of the molecule is O=C1/C(=C\c2ccc(I)cc2)SC(=S)N1C(=O)c1ccccc1I. The molecule has 1 aliphatic rings. The van der Waals surface area contributed by atoms with Gasteiger partial charge in [-0.1, -0.05) is 48.2 Å². The van der Waals surface area contributed by atoms with Gasteiger partial charge in [0.1, 0.15) is 0 Å². The van der Waals surface area contributed by atoms with Crippen LogP contribution in [0.5, 0.6) is 0 Å². The molecule has 0 aliphatic carbocycles. The van der Waals surface area contributed by atoms with E-state index in [1.54, 1.807) is 18.2 Å². The summed E-state index contributed by atoms with van der Waals surface area (Å²) in [5, 5.41) is 0. The van der Waals surface area contributed by atoms with E-state index in [2.05, 4.69) is 45.2 Å². The van der Waals surface area contributed by atoms with Crippen LogP contribution in [0.3, 0.4) is 0 Å². The second-order valence-electron chi connectivity index (χ2n) is 4.85. The first-order valence-electron chi connectivity index (χ1n) is 6.80. The predicted molar refractivity (Wildman–Crippen MR) is 118 cm³/mol. The van der Waals surface area contributed by atoms with Gasteiger partial charge in [0.2, 0.25) is 0 Å². The van der Waals surface area contributed by atoms with Crippen molar-refractivity contribution in [1.29, 1.82) is 0 Å². The van der Waals surface area contributed by atoms with E-state index in [-0.39, 0.29) is 16.1 Å². The lowest BCUT2D eigenvalue weighted by Gasteiger charge is -2.13. The highest BCUT2D eigenvalue weighted by Gasteiger charge is 2.37. The molecule has 2 amide bonds. The average molecular weight is 577 g/mol. The number of halogens is 2. The summed E-state index contributed by atoms with van der Waals surface area (Å²) in [5.41, 5.74) is 1.38. The van der Waals surface area contributed by atoms with Crippen LogP contribution in [0.1, 0.15) is 15.9 Å². The van der Waals surface area contributed by atoms with E-state index in [9.17, 15) is 9.59 Å². The van der Waals surface area contributed by atoms with Gasteiger partial charge in [0.05, 0.1) is 10.5 Å². The summed E-state index contributed by atoms with van der Waals surface area (Å²) in [5.74, 6) is -0.748. The molecule has 120 valence electrons. The minimum absolute atomic E-state index is 0.265. The number of nitrogens with zero attached hydrogens (tertiary/aromatic N) is 1. The van der Waals surface area contributed by atoms with E-state index in [4.69, 9.17) is 12.2 Å². The van der Waals surface area contributed by atoms with E-state index in [0.717, 1.165) is 29.4 Å². The molecule has 24 heavy (non-hydrogen) atoms. The zero-order valence-corrected chi connectivity index (χ0v) is 18.0. The van der Waals surface area contributed by atoms with Crippen LogP contribution >= 0.6 is 69.2 Å². The van der Waals surface area contributed by atoms with Crippen molar-refractivity contribution in [2.45, 2.75) is 0 Å². The van der Waals surface area contributed by atoms with Crippen LogP contribution in [0.4, 0.5) is 0 Å². The van der Waals surface area contributed by atoms with E-state index in [0.29, 0.717) is 10.5 Å². The molecule has 0 atom stereocenters. The van der Waals surface area contributed by atoms with E-state index >= 15 is 0 Å². The van der Waals surface area contributed by atoms with Crippen LogP contribution in [0.15, 0.2) is 53.4 Å². The van der Waals surface area contributed by atoms with Crippen molar-refractivity contribution < 1.29 is 9.59 Å². The van der Waals surface area contributed by atoms with Crippen molar-refractivity contribution in [2.75, 3.05) is 0 Å². The number of amides is 2. The maximum atomic E-state index is 12.7. The molecule has 0 saturated carbocycles. The van der Waals surface area contributed by atoms with Gasteiger partial charge >= 0.3 is 0 Å². The van der Waals surface area contributed by atoms with Crippen LogP contribution in [0.25, 0.3) is 6.08 Å². The summed E-state index contributed by atoms with van der Waals surface area (Å²) >= 11 is 10.7. The summed E-state index contributed by atoms with van der Waals surface area (Å²) < 4.78 is 2.17.